The van der Waals surface area contributed by atoms with Crippen LogP contribution >= 0.6 is 0 Å². The molecular weight excluding hydrogens is 294 g/mol. The van der Waals surface area contributed by atoms with Crippen molar-refractivity contribution in [1.29, 1.82) is 0 Å². The van der Waals surface area contributed by atoms with E-state index in [1.165, 1.54) is 0 Å². The van der Waals surface area contributed by atoms with Gasteiger partial charge >= 0.3 is 0 Å². The number of aliphatic hydroxyl groups excluding tert-OH is 1. The lowest BCUT2D eigenvalue weighted by molar-refractivity contribution is -0.561. The lowest BCUT2D eigenvalue weighted by atomic mass is 9.77. The topological polar surface area (TPSA) is 90.5 Å². The second-order valence-corrected chi connectivity index (χ2v) is 6.48. The van der Waals surface area contributed by atoms with Crippen LogP contribution in [0.25, 0.3) is 0 Å². The normalized spacial score (nSPS) is 20.9. The van der Waals surface area contributed by atoms with Crippen LogP contribution in [-0.2, 0) is 0 Å². The van der Waals surface area contributed by atoms with Crippen molar-refractivity contribution in [2.24, 2.45) is 5.41 Å². The lowest BCUT2D eigenvalue weighted by Gasteiger charge is -2.21. The molecule has 2 aliphatic rings. The number of unbranched alkanes of at least 4 members (excludes halogenated alkanes) is 1. The number of ether oxygens (including phenoxy) is 1. The number of fused-ring (bicyclic) bond motifs is 3. The van der Waals surface area contributed by atoms with Gasteiger partial charge < -0.3 is 15.3 Å². The van der Waals surface area contributed by atoms with Gasteiger partial charge in [-0.3, -0.25) is 4.79 Å². The summed E-state index contributed by atoms with van der Waals surface area (Å²) in [5, 5.41) is 10.2. The van der Waals surface area contributed by atoms with E-state index in [0.29, 0.717) is 12.2 Å². The average Bonchev–Trinajstić information content (AvgIpc) is 2.71. The molecule has 0 fully saturated rings. The van der Waals surface area contributed by atoms with E-state index in [0.717, 1.165) is 35.4 Å². The van der Waals surface area contributed by atoms with Gasteiger partial charge in [0.25, 0.3) is 6.23 Å². The fourth-order valence-electron chi connectivity index (χ4n) is 2.92. The van der Waals surface area contributed by atoms with Crippen LogP contribution in [0.4, 0.5) is 0 Å². The zero-order chi connectivity index (χ0) is 15.9. The van der Waals surface area contributed by atoms with Crippen molar-refractivity contribution < 1.29 is 25.1 Å². The van der Waals surface area contributed by atoms with Crippen molar-refractivity contribution >= 4 is 11.5 Å². The molecule has 124 valence electrons. The van der Waals surface area contributed by atoms with Crippen molar-refractivity contribution in [1.82, 2.24) is 0 Å². The van der Waals surface area contributed by atoms with Gasteiger partial charge in [0.2, 0.25) is 5.71 Å². The van der Waals surface area contributed by atoms with Crippen molar-refractivity contribution in [2.45, 2.75) is 39.8 Å². The molecule has 23 heavy (non-hydrogen) atoms. The number of aliphatic hydroxyl groups is 1. The molecule has 0 spiro atoms. The van der Waals surface area contributed by atoms with Crippen molar-refractivity contribution in [3.63, 3.8) is 0 Å². The van der Waals surface area contributed by atoms with Gasteiger partial charge in [-0.25, -0.2) is 4.99 Å². The zero-order valence-electron chi connectivity index (χ0n) is 13.7. The SMILES string of the molecule is CCCCOc1ccc2c(c1)C(=O)C=C1C2=[NH+]C(O)C1(C)C.[OH-]. The Hall–Kier alpha value is -1.98. The maximum atomic E-state index is 12.5. The first-order chi connectivity index (χ1) is 10.4. The number of hydrogen-bond donors (Lipinski definition) is 2. The van der Waals surface area contributed by atoms with Crippen LogP contribution in [-0.4, -0.2) is 34.9 Å². The van der Waals surface area contributed by atoms with Crippen molar-refractivity contribution in [3.05, 3.63) is 41.0 Å². The molecule has 1 aliphatic carbocycles. The summed E-state index contributed by atoms with van der Waals surface area (Å²) in [5.41, 5.74) is 2.73. The van der Waals surface area contributed by atoms with Gasteiger partial charge in [0.1, 0.15) is 5.75 Å². The standard InChI is InChI=1S/C18H21NO3.H2O/c1-4-5-8-22-11-6-7-12-13(9-11)15(20)10-14-16(12)19-17(21)18(14,2)3;/h6-7,9-10,17,21H,4-5,8H2,1-3H3;1H2. The van der Waals surface area contributed by atoms with E-state index in [1.807, 2.05) is 26.0 Å². The lowest BCUT2D eigenvalue weighted by Crippen LogP contribution is -2.78. The van der Waals surface area contributed by atoms with Crippen molar-refractivity contribution in [2.75, 3.05) is 6.61 Å². The third kappa shape index (κ3) is 2.82. The second-order valence-electron chi connectivity index (χ2n) is 6.48. The van der Waals surface area contributed by atoms with E-state index in [-0.39, 0.29) is 11.3 Å². The molecular formula is C18H23NO4. The van der Waals surface area contributed by atoms with Crippen LogP contribution in [0, 0.1) is 5.41 Å². The number of nitrogens with one attached hydrogen (secondary N) is 1. The van der Waals surface area contributed by atoms with E-state index >= 15 is 0 Å². The van der Waals surface area contributed by atoms with Gasteiger partial charge in [0.15, 0.2) is 5.78 Å². The Bertz CT molecular complexity index is 688. The van der Waals surface area contributed by atoms with Gasteiger partial charge in [-0.1, -0.05) is 13.3 Å². The summed E-state index contributed by atoms with van der Waals surface area (Å²) in [4.78, 5) is 15.6. The summed E-state index contributed by atoms with van der Waals surface area (Å²) in [5.74, 6) is 0.689. The predicted octanol–water partition coefficient (Wildman–Crippen LogP) is 1.04. The highest BCUT2D eigenvalue weighted by Crippen LogP contribution is 2.37. The first-order valence-electron chi connectivity index (χ1n) is 7.80. The van der Waals surface area contributed by atoms with E-state index in [2.05, 4.69) is 11.9 Å². The molecule has 0 aromatic heterocycles. The highest BCUT2D eigenvalue weighted by atomic mass is 16.5. The monoisotopic (exact) mass is 317 g/mol. The fourth-order valence-corrected chi connectivity index (χ4v) is 2.92. The van der Waals surface area contributed by atoms with Crippen LogP contribution in [0.5, 0.6) is 5.75 Å². The van der Waals surface area contributed by atoms with E-state index < -0.39 is 11.6 Å². The van der Waals surface area contributed by atoms with Crippen LogP contribution < -0.4 is 9.73 Å². The Morgan fingerprint density at radius 2 is 2.04 bits per heavy atom. The van der Waals surface area contributed by atoms with E-state index in [4.69, 9.17) is 4.74 Å². The molecule has 1 heterocycles. The molecule has 0 saturated carbocycles. The Balaban J connectivity index is 0.00000192. The van der Waals surface area contributed by atoms with Gasteiger partial charge in [0.05, 0.1) is 17.6 Å². The third-order valence-electron chi connectivity index (χ3n) is 4.50. The minimum absolute atomic E-state index is 0. The van der Waals surface area contributed by atoms with Crippen LogP contribution in [0.1, 0.15) is 49.5 Å². The van der Waals surface area contributed by atoms with Crippen LogP contribution in [0.3, 0.4) is 0 Å². The maximum absolute atomic E-state index is 12.5. The summed E-state index contributed by atoms with van der Waals surface area (Å²) in [7, 11) is 0. The maximum Gasteiger partial charge on any atom is 0.263 e. The molecule has 1 unspecified atom stereocenters. The zero-order valence-corrected chi connectivity index (χ0v) is 13.7. The fraction of sp³-hybridized carbons (Fsp3) is 0.444. The number of benzene rings is 1. The molecule has 1 atom stereocenters. The smallest absolute Gasteiger partial charge is 0.263 e. The molecule has 0 saturated heterocycles. The van der Waals surface area contributed by atoms with Gasteiger partial charge in [-0.2, -0.15) is 0 Å². The molecule has 1 aromatic rings. The summed E-state index contributed by atoms with van der Waals surface area (Å²) in [6.07, 6.45) is 3.02. The summed E-state index contributed by atoms with van der Waals surface area (Å²) in [6.45, 7) is 6.64. The third-order valence-corrected chi connectivity index (χ3v) is 4.50. The Kier molecular flexibility index (Phi) is 4.73. The average molecular weight is 317 g/mol. The number of carbonyl (C=O) groups is 1. The number of allylic oxidation sites excluding steroid dienone is 1. The molecule has 0 amide bonds. The summed E-state index contributed by atoms with van der Waals surface area (Å²) < 4.78 is 5.68. The molecule has 0 bridgehead atoms. The molecule has 1 aliphatic heterocycles. The number of ketones is 1. The van der Waals surface area contributed by atoms with Crippen LogP contribution in [0.2, 0.25) is 0 Å². The Labute approximate surface area is 136 Å². The quantitative estimate of drug-likeness (QED) is 0.812. The second kappa shape index (κ2) is 6.26. The highest BCUT2D eigenvalue weighted by molar-refractivity contribution is 6.25. The first kappa shape index (κ1) is 17.4. The number of hydrogen-bond acceptors (Lipinski definition) is 4. The minimum atomic E-state index is -0.687. The van der Waals surface area contributed by atoms with Crippen LogP contribution in [0.15, 0.2) is 29.8 Å². The predicted molar refractivity (Wildman–Crippen MR) is 86.1 cm³/mol. The summed E-state index contributed by atoms with van der Waals surface area (Å²) >= 11 is 0. The molecule has 3 rings (SSSR count). The minimum Gasteiger partial charge on any atom is -0.870 e. The Morgan fingerprint density at radius 3 is 2.74 bits per heavy atom. The van der Waals surface area contributed by atoms with Gasteiger partial charge in [-0.05, 0) is 44.5 Å². The van der Waals surface area contributed by atoms with Gasteiger partial charge in [0, 0.05) is 11.1 Å². The van der Waals surface area contributed by atoms with Crippen molar-refractivity contribution in [3.8, 4) is 5.75 Å². The van der Waals surface area contributed by atoms with E-state index in [9.17, 15) is 9.90 Å². The number of rotatable bonds is 4. The first-order valence-corrected chi connectivity index (χ1v) is 7.80. The highest BCUT2D eigenvalue weighted by Gasteiger charge is 2.49. The Morgan fingerprint density at radius 1 is 1.30 bits per heavy atom. The van der Waals surface area contributed by atoms with Gasteiger partial charge in [-0.15, -0.1) is 0 Å². The largest absolute Gasteiger partial charge is 0.870 e. The van der Waals surface area contributed by atoms with E-state index in [1.54, 1.807) is 12.1 Å². The molecule has 5 nitrogen and oxygen atoms in total. The number of carbonyl (C=O) groups excluding carboxylic acids is 1. The molecule has 0 radical (unpaired) electrons. The molecule has 1 aromatic carbocycles. The molecule has 5 heteroatoms. The molecule has 3 N–H and O–H groups in total. The summed E-state index contributed by atoms with van der Waals surface area (Å²) in [6, 6.07) is 5.59.